The van der Waals surface area contributed by atoms with Gasteiger partial charge in [0.1, 0.15) is 11.4 Å². The first-order valence-corrected chi connectivity index (χ1v) is 9.65. The van der Waals surface area contributed by atoms with Crippen molar-refractivity contribution in [2.75, 3.05) is 13.6 Å². The monoisotopic (exact) mass is 456 g/mol. The maximum atomic E-state index is 13.8. The van der Waals surface area contributed by atoms with Crippen LogP contribution in [0.1, 0.15) is 15.9 Å². The maximum Gasteiger partial charge on any atom is 0.431 e. The molecule has 9 heteroatoms. The van der Waals surface area contributed by atoms with Crippen molar-refractivity contribution >= 4 is 18.2 Å². The van der Waals surface area contributed by atoms with Crippen molar-refractivity contribution in [2.45, 2.75) is 6.18 Å². The third-order valence-electron chi connectivity index (χ3n) is 4.38. The Morgan fingerprint density at radius 3 is 2.61 bits per heavy atom. The summed E-state index contributed by atoms with van der Waals surface area (Å²) in [5.74, 6) is -0.499. The summed E-state index contributed by atoms with van der Waals surface area (Å²) in [6.45, 7) is 7.06. The number of nitrogens with zero attached hydrogens (tertiary/aromatic N) is 3. The highest BCUT2D eigenvalue weighted by Crippen LogP contribution is 2.32. The Morgan fingerprint density at radius 1 is 1.27 bits per heavy atom. The largest absolute Gasteiger partial charge is 0.508 e. The molecule has 1 heterocycles. The van der Waals surface area contributed by atoms with E-state index in [-0.39, 0.29) is 29.1 Å². The van der Waals surface area contributed by atoms with Crippen molar-refractivity contribution < 1.29 is 23.1 Å². The Balaban J connectivity index is 2.18. The van der Waals surface area contributed by atoms with Gasteiger partial charge in [-0.05, 0) is 54.3 Å². The molecule has 172 valence electrons. The second kappa shape index (κ2) is 11.5. The van der Waals surface area contributed by atoms with Crippen molar-refractivity contribution in [1.82, 2.24) is 15.2 Å². The van der Waals surface area contributed by atoms with Gasteiger partial charge in [-0.25, -0.2) is 0 Å². The molecule has 0 aliphatic carbocycles. The predicted octanol–water partition coefficient (Wildman–Crippen LogP) is 4.71. The summed E-state index contributed by atoms with van der Waals surface area (Å²) in [6, 6.07) is 8.99. The zero-order chi connectivity index (χ0) is 24.4. The third kappa shape index (κ3) is 7.49. The molecule has 2 N–H and O–H groups in total. The van der Waals surface area contributed by atoms with Gasteiger partial charge in [-0.2, -0.15) is 13.2 Å². The molecule has 0 fully saturated rings. The van der Waals surface area contributed by atoms with E-state index in [1.165, 1.54) is 62.1 Å². The SMILES string of the molecule is C=N/C=C(\C=C/CNC(=O)c1cccc(O)c1)N(C)/C(=C\C(=C)c1cccnc1)C(F)(F)F. The van der Waals surface area contributed by atoms with Crippen molar-refractivity contribution in [1.29, 1.82) is 0 Å². The number of rotatable bonds is 9. The Kier molecular flexibility index (Phi) is 8.73. The fourth-order valence-corrected chi connectivity index (χ4v) is 2.72. The van der Waals surface area contributed by atoms with E-state index in [1.807, 2.05) is 0 Å². The topological polar surface area (TPSA) is 77.8 Å². The summed E-state index contributed by atoms with van der Waals surface area (Å²) in [4.78, 5) is 20.5. The van der Waals surface area contributed by atoms with E-state index < -0.39 is 17.8 Å². The van der Waals surface area contributed by atoms with Crippen molar-refractivity contribution in [3.63, 3.8) is 0 Å². The number of allylic oxidation sites excluding steroid dienone is 4. The third-order valence-corrected chi connectivity index (χ3v) is 4.38. The Morgan fingerprint density at radius 2 is 2.00 bits per heavy atom. The van der Waals surface area contributed by atoms with Crippen LogP contribution >= 0.6 is 0 Å². The van der Waals surface area contributed by atoms with Crippen molar-refractivity contribution in [3.05, 3.63) is 102 Å². The number of aromatic hydroxyl groups is 1. The molecule has 1 aromatic heterocycles. The molecular weight excluding hydrogens is 433 g/mol. The summed E-state index contributed by atoms with van der Waals surface area (Å²) < 4.78 is 41.5. The van der Waals surface area contributed by atoms with Crippen LogP contribution in [-0.4, -0.2) is 47.4 Å². The molecule has 33 heavy (non-hydrogen) atoms. The number of phenols is 1. The normalized spacial score (nSPS) is 12.5. The minimum absolute atomic E-state index is 0.0320. The van der Waals surface area contributed by atoms with Gasteiger partial charge in [-0.3, -0.25) is 14.8 Å². The van der Waals surface area contributed by atoms with Crippen LogP contribution in [0.4, 0.5) is 13.2 Å². The van der Waals surface area contributed by atoms with E-state index in [4.69, 9.17) is 0 Å². The fraction of sp³-hybridized carbons (Fsp3) is 0.125. The van der Waals surface area contributed by atoms with Crippen LogP contribution in [0.25, 0.3) is 5.57 Å². The molecule has 0 saturated carbocycles. The van der Waals surface area contributed by atoms with Crippen LogP contribution < -0.4 is 5.32 Å². The highest BCUT2D eigenvalue weighted by molar-refractivity contribution is 5.94. The molecule has 0 atom stereocenters. The molecule has 0 saturated heterocycles. The molecule has 2 rings (SSSR count). The zero-order valence-corrected chi connectivity index (χ0v) is 17.9. The van der Waals surface area contributed by atoms with Crippen molar-refractivity contribution in [3.8, 4) is 5.75 Å². The van der Waals surface area contributed by atoms with E-state index in [2.05, 4.69) is 28.6 Å². The van der Waals surface area contributed by atoms with E-state index in [1.54, 1.807) is 12.1 Å². The number of phenolic OH excluding ortho intramolecular Hbond substituents is 1. The smallest absolute Gasteiger partial charge is 0.431 e. The van der Waals surface area contributed by atoms with E-state index >= 15 is 0 Å². The van der Waals surface area contributed by atoms with Crippen molar-refractivity contribution in [2.24, 2.45) is 4.99 Å². The molecule has 2 aromatic rings. The van der Waals surface area contributed by atoms with Gasteiger partial charge < -0.3 is 15.3 Å². The van der Waals surface area contributed by atoms with Gasteiger partial charge in [0, 0.05) is 37.7 Å². The first-order valence-electron chi connectivity index (χ1n) is 9.65. The summed E-state index contributed by atoms with van der Waals surface area (Å²) >= 11 is 0. The first kappa shape index (κ1) is 25.1. The molecule has 0 radical (unpaired) electrons. The number of alkyl halides is 3. The second-order valence-electron chi connectivity index (χ2n) is 6.75. The molecule has 1 aromatic carbocycles. The minimum Gasteiger partial charge on any atom is -0.508 e. The number of carbonyl (C=O) groups excluding carboxylic acids is 1. The summed E-state index contributed by atoms with van der Waals surface area (Å²) in [5, 5.41) is 12.0. The van der Waals surface area contributed by atoms with Gasteiger partial charge in [0.15, 0.2) is 0 Å². The van der Waals surface area contributed by atoms with Gasteiger partial charge in [0.25, 0.3) is 5.91 Å². The molecular formula is C24H23F3N4O2. The number of pyridine rings is 1. The van der Waals surface area contributed by atoms with Gasteiger partial charge in [0.05, 0.1) is 5.70 Å². The summed E-state index contributed by atoms with van der Waals surface area (Å²) in [5.41, 5.74) is -0.0557. The quantitative estimate of drug-likeness (QED) is 0.423. The Bertz CT molecular complexity index is 1090. The van der Waals surface area contributed by atoms with E-state index in [0.717, 1.165) is 11.0 Å². The average molecular weight is 456 g/mol. The number of hydrogen-bond donors (Lipinski definition) is 2. The van der Waals surface area contributed by atoms with Crippen LogP contribution in [0.2, 0.25) is 0 Å². The Hall–Kier alpha value is -4.14. The van der Waals surface area contributed by atoms with Gasteiger partial charge in [-0.15, -0.1) is 0 Å². The lowest BCUT2D eigenvalue weighted by atomic mass is 10.1. The van der Waals surface area contributed by atoms with Gasteiger partial charge in [-0.1, -0.05) is 24.8 Å². The number of amides is 1. The lowest BCUT2D eigenvalue weighted by Crippen LogP contribution is -2.28. The van der Waals surface area contributed by atoms with E-state index in [9.17, 15) is 23.1 Å². The maximum absolute atomic E-state index is 13.8. The number of halogens is 3. The first-order chi connectivity index (χ1) is 15.6. The number of benzene rings is 1. The highest BCUT2D eigenvalue weighted by Gasteiger charge is 2.37. The highest BCUT2D eigenvalue weighted by atomic mass is 19.4. The van der Waals surface area contributed by atoms with Crippen LogP contribution in [-0.2, 0) is 0 Å². The standard InChI is InChI=1S/C24H23F3N4O2/c1-17(19-8-5-11-29-15-19)13-22(24(25,26)27)31(3)20(16-28-2)9-6-12-30-23(33)18-7-4-10-21(32)14-18/h4-11,13-16,32H,1-2,12H2,3H3,(H,30,33)/b9-6-,20-16+,22-13-. The number of hydrogen-bond acceptors (Lipinski definition) is 5. The average Bonchev–Trinajstić information content (AvgIpc) is 2.78. The molecule has 0 bridgehead atoms. The van der Waals surface area contributed by atoms with Crippen LogP contribution in [0, 0.1) is 0 Å². The lowest BCUT2D eigenvalue weighted by Gasteiger charge is -2.25. The fourth-order valence-electron chi connectivity index (χ4n) is 2.72. The van der Waals surface area contributed by atoms with Crippen LogP contribution in [0.3, 0.4) is 0 Å². The minimum atomic E-state index is -4.68. The predicted molar refractivity (Wildman–Crippen MR) is 122 cm³/mol. The molecule has 0 spiro atoms. The molecule has 0 aliphatic rings. The summed E-state index contributed by atoms with van der Waals surface area (Å²) in [7, 11) is 1.24. The molecule has 0 unspecified atom stereocenters. The number of likely N-dealkylation sites (N-methyl/N-ethyl adjacent to an activating group) is 1. The number of carbonyl (C=O) groups is 1. The lowest BCUT2D eigenvalue weighted by molar-refractivity contribution is -0.106. The molecule has 0 aliphatic heterocycles. The second-order valence-corrected chi connectivity index (χ2v) is 6.75. The van der Waals surface area contributed by atoms with Crippen LogP contribution in [0.15, 0.2) is 96.2 Å². The van der Waals surface area contributed by atoms with E-state index in [0.29, 0.717) is 5.56 Å². The number of nitrogens with one attached hydrogen (secondary N) is 1. The van der Waals surface area contributed by atoms with Gasteiger partial charge >= 0.3 is 6.18 Å². The molecule has 6 nitrogen and oxygen atoms in total. The van der Waals surface area contributed by atoms with Gasteiger partial charge in [0.2, 0.25) is 0 Å². The summed E-state index contributed by atoms with van der Waals surface area (Å²) in [6.07, 6.45) is 3.19. The van der Waals surface area contributed by atoms with Crippen LogP contribution in [0.5, 0.6) is 5.75 Å². The molecule has 1 amide bonds. The number of aromatic nitrogens is 1. The Labute approximate surface area is 189 Å². The number of aliphatic imine (C=N–C) groups is 1. The zero-order valence-electron chi connectivity index (χ0n) is 17.9.